The molecule has 2 saturated heterocycles. The van der Waals surface area contributed by atoms with Crippen molar-refractivity contribution in [2.75, 3.05) is 71.0 Å². The predicted octanol–water partition coefficient (Wildman–Crippen LogP) is 3.42. The summed E-state index contributed by atoms with van der Waals surface area (Å²) in [7, 11) is 1.79. The van der Waals surface area contributed by atoms with Crippen LogP contribution >= 0.6 is 35.3 Å². The molecule has 0 amide bonds. The van der Waals surface area contributed by atoms with E-state index in [-0.39, 0.29) is 35.8 Å². The number of piperazine rings is 1. The van der Waals surface area contributed by atoms with Gasteiger partial charge in [0.2, 0.25) is 0 Å². The number of morpholine rings is 1. The minimum Gasteiger partial charge on any atom is -0.379 e. The molecule has 0 saturated carbocycles. The largest absolute Gasteiger partial charge is 0.379 e. The van der Waals surface area contributed by atoms with Gasteiger partial charge in [-0.2, -0.15) is 0 Å². The van der Waals surface area contributed by atoms with E-state index in [4.69, 9.17) is 4.74 Å². The minimum atomic E-state index is -0.418. The molecule has 176 valence electrons. The van der Waals surface area contributed by atoms with E-state index in [0.717, 1.165) is 44.9 Å². The van der Waals surface area contributed by atoms with Crippen LogP contribution in [0.5, 0.6) is 0 Å². The fraction of sp³-hybridized carbons (Fsp3) is 0.500. The van der Waals surface area contributed by atoms with Gasteiger partial charge in [-0.1, -0.05) is 6.07 Å². The van der Waals surface area contributed by atoms with Crippen LogP contribution in [0.1, 0.15) is 10.9 Å². The Balaban J connectivity index is 0.00000289. The van der Waals surface area contributed by atoms with Crippen molar-refractivity contribution in [2.24, 2.45) is 4.99 Å². The van der Waals surface area contributed by atoms with Crippen molar-refractivity contribution in [1.29, 1.82) is 0 Å². The van der Waals surface area contributed by atoms with Crippen LogP contribution in [0.15, 0.2) is 40.7 Å². The highest BCUT2D eigenvalue weighted by Crippen LogP contribution is 2.26. The molecule has 1 N–H and O–H groups in total. The maximum atomic E-state index is 14.1. The van der Waals surface area contributed by atoms with Crippen LogP contribution in [0.25, 0.3) is 0 Å². The fourth-order valence-electron chi connectivity index (χ4n) is 4.19. The maximum Gasteiger partial charge on any atom is 0.193 e. The zero-order chi connectivity index (χ0) is 21.6. The SMILES string of the molecule is CN=C(NCC(c1cccs1)N1CCOCC1)N1CCN(c2cc(F)ccc2F)CC1.I. The maximum absolute atomic E-state index is 14.1. The first-order valence-corrected chi connectivity index (χ1v) is 11.5. The Kier molecular flexibility index (Phi) is 9.50. The number of benzene rings is 1. The summed E-state index contributed by atoms with van der Waals surface area (Å²) in [5.74, 6) is 0.0369. The zero-order valence-corrected chi connectivity index (χ0v) is 21.3. The van der Waals surface area contributed by atoms with E-state index in [1.807, 2.05) is 4.90 Å². The number of thiophene rings is 1. The van der Waals surface area contributed by atoms with Crippen LogP contribution < -0.4 is 10.2 Å². The summed E-state index contributed by atoms with van der Waals surface area (Å²) in [5, 5.41) is 5.66. The number of anilines is 1. The molecule has 0 bridgehead atoms. The molecule has 2 aromatic rings. The summed E-state index contributed by atoms with van der Waals surface area (Å²) >= 11 is 1.77. The molecule has 3 heterocycles. The minimum absolute atomic E-state index is 0. The quantitative estimate of drug-likeness (QED) is 0.336. The van der Waals surface area contributed by atoms with Crippen molar-refractivity contribution in [3.8, 4) is 0 Å². The number of ether oxygens (including phenoxy) is 1. The number of hydrogen-bond donors (Lipinski definition) is 1. The van der Waals surface area contributed by atoms with E-state index in [1.54, 1.807) is 18.4 Å². The third-order valence-corrected chi connectivity index (χ3v) is 6.83. The first-order chi connectivity index (χ1) is 15.2. The van der Waals surface area contributed by atoms with Gasteiger partial charge in [-0.15, -0.1) is 35.3 Å². The Morgan fingerprint density at radius 3 is 2.53 bits per heavy atom. The average Bonchev–Trinajstić information content (AvgIpc) is 3.34. The first kappa shape index (κ1) is 25.1. The van der Waals surface area contributed by atoms with E-state index in [9.17, 15) is 8.78 Å². The van der Waals surface area contributed by atoms with Crippen molar-refractivity contribution in [2.45, 2.75) is 6.04 Å². The van der Waals surface area contributed by atoms with Crippen LogP contribution in [-0.2, 0) is 4.74 Å². The number of hydrogen-bond acceptors (Lipinski definition) is 5. The number of guanidine groups is 1. The molecule has 1 atom stereocenters. The summed E-state index contributed by atoms with van der Waals surface area (Å²) in [4.78, 5) is 12.3. The van der Waals surface area contributed by atoms with E-state index >= 15 is 0 Å². The lowest BCUT2D eigenvalue weighted by Crippen LogP contribution is -2.54. The molecule has 2 aliphatic rings. The molecule has 1 unspecified atom stereocenters. The molecule has 1 aromatic carbocycles. The lowest BCUT2D eigenvalue weighted by molar-refractivity contribution is 0.0176. The lowest BCUT2D eigenvalue weighted by atomic mass is 10.2. The molecular formula is C22H30F2IN5OS. The molecule has 32 heavy (non-hydrogen) atoms. The van der Waals surface area contributed by atoms with Crippen LogP contribution in [0.4, 0.5) is 14.5 Å². The Morgan fingerprint density at radius 2 is 1.88 bits per heavy atom. The summed E-state index contributed by atoms with van der Waals surface area (Å²) < 4.78 is 33.2. The van der Waals surface area contributed by atoms with Crippen LogP contribution in [0.3, 0.4) is 0 Å². The van der Waals surface area contributed by atoms with Gasteiger partial charge in [0.25, 0.3) is 0 Å². The molecule has 2 fully saturated rings. The Labute approximate surface area is 209 Å². The Hall–Kier alpha value is -1.50. The molecule has 0 radical (unpaired) electrons. The van der Waals surface area contributed by atoms with Gasteiger partial charge < -0.3 is 19.9 Å². The Morgan fingerprint density at radius 1 is 1.12 bits per heavy atom. The van der Waals surface area contributed by atoms with Gasteiger partial charge >= 0.3 is 0 Å². The molecule has 1 aromatic heterocycles. The third kappa shape index (κ3) is 6.09. The molecule has 10 heteroatoms. The lowest BCUT2D eigenvalue weighted by Gasteiger charge is -2.39. The molecule has 4 rings (SSSR count). The molecular weight excluding hydrogens is 547 g/mol. The van der Waals surface area contributed by atoms with Crippen molar-refractivity contribution < 1.29 is 13.5 Å². The van der Waals surface area contributed by atoms with Gasteiger partial charge in [0.1, 0.15) is 11.6 Å². The number of aliphatic imine (C=N–C) groups is 1. The van der Waals surface area contributed by atoms with Crippen LogP contribution in [-0.4, -0.2) is 81.8 Å². The zero-order valence-electron chi connectivity index (χ0n) is 18.2. The van der Waals surface area contributed by atoms with E-state index < -0.39 is 5.82 Å². The van der Waals surface area contributed by atoms with Gasteiger partial charge in [-0.25, -0.2) is 8.78 Å². The van der Waals surface area contributed by atoms with E-state index in [0.29, 0.717) is 31.9 Å². The second-order valence-corrected chi connectivity index (χ2v) is 8.66. The second kappa shape index (κ2) is 12.1. The summed E-state index contributed by atoms with van der Waals surface area (Å²) in [6.07, 6.45) is 0. The number of halogens is 3. The van der Waals surface area contributed by atoms with Crippen LogP contribution in [0.2, 0.25) is 0 Å². The number of rotatable bonds is 5. The number of nitrogens with one attached hydrogen (secondary N) is 1. The highest BCUT2D eigenvalue weighted by atomic mass is 127. The highest BCUT2D eigenvalue weighted by molar-refractivity contribution is 14.0. The fourth-order valence-corrected chi connectivity index (χ4v) is 5.05. The van der Waals surface area contributed by atoms with Crippen LogP contribution in [0, 0.1) is 11.6 Å². The summed E-state index contributed by atoms with van der Waals surface area (Å²) in [5.41, 5.74) is 0.327. The van der Waals surface area contributed by atoms with Crippen molar-refractivity contribution in [3.63, 3.8) is 0 Å². The second-order valence-electron chi connectivity index (χ2n) is 7.68. The average molecular weight is 577 g/mol. The van der Waals surface area contributed by atoms with Crippen molar-refractivity contribution >= 4 is 47.0 Å². The van der Waals surface area contributed by atoms with Crippen molar-refractivity contribution in [1.82, 2.24) is 15.1 Å². The first-order valence-electron chi connectivity index (χ1n) is 10.7. The molecule has 0 aliphatic carbocycles. The molecule has 2 aliphatic heterocycles. The molecule has 6 nitrogen and oxygen atoms in total. The Bertz CT molecular complexity index is 871. The summed E-state index contributed by atoms with van der Waals surface area (Å²) in [6, 6.07) is 8.15. The smallest absolute Gasteiger partial charge is 0.193 e. The van der Waals surface area contributed by atoms with Gasteiger partial charge in [0, 0.05) is 63.8 Å². The highest BCUT2D eigenvalue weighted by Gasteiger charge is 2.26. The molecule has 0 spiro atoms. The standard InChI is InChI=1S/C22H29F2N5OS.HI/c1-25-22(26-16-20(21-3-2-14-31-21)28-10-12-30-13-11-28)29-8-6-27(7-9-29)19-15-17(23)4-5-18(19)24;/h2-5,14-15,20H,6-13,16H2,1H3,(H,25,26);1H. The van der Waals surface area contributed by atoms with Gasteiger partial charge in [-0.3, -0.25) is 9.89 Å². The van der Waals surface area contributed by atoms with Crippen molar-refractivity contribution in [3.05, 3.63) is 52.2 Å². The van der Waals surface area contributed by atoms with Gasteiger partial charge in [0.15, 0.2) is 5.96 Å². The summed E-state index contributed by atoms with van der Waals surface area (Å²) in [6.45, 7) is 6.71. The normalized spacial score (nSPS) is 18.9. The van der Waals surface area contributed by atoms with E-state index in [1.165, 1.54) is 17.0 Å². The number of nitrogens with zero attached hydrogens (tertiary/aromatic N) is 4. The topological polar surface area (TPSA) is 43.3 Å². The predicted molar refractivity (Wildman–Crippen MR) is 136 cm³/mol. The third-order valence-electron chi connectivity index (χ3n) is 5.85. The monoisotopic (exact) mass is 577 g/mol. The van der Waals surface area contributed by atoms with Gasteiger partial charge in [0.05, 0.1) is 24.9 Å². The van der Waals surface area contributed by atoms with Gasteiger partial charge in [-0.05, 0) is 23.6 Å². The van der Waals surface area contributed by atoms with E-state index in [2.05, 4.69) is 37.6 Å².